The molecular weight excluding hydrogens is 202 g/mol. The largest absolute Gasteiger partial charge is 0.480 e. The molecule has 0 radical (unpaired) electrons. The van der Waals surface area contributed by atoms with Crippen LogP contribution in [0.25, 0.3) is 0 Å². The van der Waals surface area contributed by atoms with Crippen LogP contribution in [0.3, 0.4) is 0 Å². The second kappa shape index (κ2) is 6.43. The van der Waals surface area contributed by atoms with Gasteiger partial charge in [0.25, 0.3) is 0 Å². The molecule has 1 N–H and O–H groups in total. The summed E-state index contributed by atoms with van der Waals surface area (Å²) in [6.07, 6.45) is 2.27. The van der Waals surface area contributed by atoms with Crippen molar-refractivity contribution in [2.24, 2.45) is 5.92 Å². The minimum absolute atomic E-state index is 0.272. The lowest BCUT2D eigenvalue weighted by Crippen LogP contribution is -2.25. The first kappa shape index (κ1) is 12.9. The maximum Gasteiger partial charge on any atom is 0.233 e. The van der Waals surface area contributed by atoms with Gasteiger partial charge in [-0.3, -0.25) is 0 Å². The number of methoxy groups -OCH3 is 1. The van der Waals surface area contributed by atoms with Crippen molar-refractivity contribution >= 4 is 0 Å². The summed E-state index contributed by atoms with van der Waals surface area (Å²) in [5.74, 6) is 1.15. The highest BCUT2D eigenvalue weighted by atomic mass is 16.5. The predicted octanol–water partition coefficient (Wildman–Crippen LogP) is 2.18. The van der Waals surface area contributed by atoms with E-state index in [1.54, 1.807) is 7.11 Å². The molecule has 4 nitrogen and oxygen atoms in total. The summed E-state index contributed by atoms with van der Waals surface area (Å²) in [6, 6.07) is 4.11. The van der Waals surface area contributed by atoms with Crippen LogP contribution in [0.5, 0.6) is 5.88 Å². The van der Waals surface area contributed by atoms with Crippen LogP contribution in [0, 0.1) is 5.92 Å². The number of nitrogens with one attached hydrogen (secondary N) is 1. The number of aromatic nitrogens is 2. The van der Waals surface area contributed by atoms with Crippen LogP contribution in [0.15, 0.2) is 12.1 Å². The third kappa shape index (κ3) is 2.92. The van der Waals surface area contributed by atoms with Crippen LogP contribution >= 0.6 is 0 Å². The molecule has 4 heteroatoms. The molecule has 0 aromatic carbocycles. The number of ether oxygens (including phenoxy) is 1. The van der Waals surface area contributed by atoms with Gasteiger partial charge in [0.1, 0.15) is 0 Å². The average molecular weight is 223 g/mol. The van der Waals surface area contributed by atoms with Crippen LogP contribution < -0.4 is 10.1 Å². The van der Waals surface area contributed by atoms with E-state index in [1.165, 1.54) is 0 Å². The molecule has 0 spiro atoms. The van der Waals surface area contributed by atoms with Crippen molar-refractivity contribution in [1.29, 1.82) is 0 Å². The molecule has 0 aliphatic rings. The molecule has 0 aliphatic carbocycles. The van der Waals surface area contributed by atoms with Gasteiger partial charge in [0.2, 0.25) is 5.88 Å². The second-order valence-corrected chi connectivity index (χ2v) is 3.84. The zero-order chi connectivity index (χ0) is 12.0. The van der Waals surface area contributed by atoms with E-state index in [1.807, 2.05) is 19.2 Å². The van der Waals surface area contributed by atoms with Gasteiger partial charge in [-0.1, -0.05) is 26.7 Å². The van der Waals surface area contributed by atoms with Crippen LogP contribution in [-0.2, 0) is 0 Å². The first-order valence-electron chi connectivity index (χ1n) is 5.81. The van der Waals surface area contributed by atoms with Crippen LogP contribution in [0.2, 0.25) is 0 Å². The van der Waals surface area contributed by atoms with Gasteiger partial charge in [-0.15, -0.1) is 5.10 Å². The molecule has 0 saturated heterocycles. The van der Waals surface area contributed by atoms with Gasteiger partial charge in [-0.2, -0.15) is 5.10 Å². The summed E-state index contributed by atoms with van der Waals surface area (Å²) in [6.45, 7) is 4.41. The fourth-order valence-electron chi connectivity index (χ4n) is 1.99. The van der Waals surface area contributed by atoms with Crippen molar-refractivity contribution in [2.75, 3.05) is 14.2 Å². The van der Waals surface area contributed by atoms with Crippen LogP contribution in [0.4, 0.5) is 0 Å². The summed E-state index contributed by atoms with van der Waals surface area (Å²) in [7, 11) is 3.56. The molecule has 0 bridgehead atoms. The fraction of sp³-hybridized carbons (Fsp3) is 0.667. The zero-order valence-corrected chi connectivity index (χ0v) is 10.5. The van der Waals surface area contributed by atoms with E-state index in [0.29, 0.717) is 11.8 Å². The third-order valence-corrected chi connectivity index (χ3v) is 3.02. The Morgan fingerprint density at radius 1 is 1.25 bits per heavy atom. The van der Waals surface area contributed by atoms with Crippen molar-refractivity contribution in [2.45, 2.75) is 32.7 Å². The van der Waals surface area contributed by atoms with Gasteiger partial charge in [-0.25, -0.2) is 0 Å². The van der Waals surface area contributed by atoms with Gasteiger partial charge in [0, 0.05) is 6.07 Å². The van der Waals surface area contributed by atoms with E-state index >= 15 is 0 Å². The lowest BCUT2D eigenvalue weighted by molar-refractivity contribution is 0.346. The minimum atomic E-state index is 0.272. The first-order valence-corrected chi connectivity index (χ1v) is 5.81. The molecule has 1 unspecified atom stereocenters. The number of hydrogen-bond acceptors (Lipinski definition) is 4. The van der Waals surface area contributed by atoms with Gasteiger partial charge < -0.3 is 10.1 Å². The molecule has 1 rings (SSSR count). The Bertz CT molecular complexity index is 296. The lowest BCUT2D eigenvalue weighted by Gasteiger charge is -2.23. The van der Waals surface area contributed by atoms with Crippen LogP contribution in [-0.4, -0.2) is 24.4 Å². The van der Waals surface area contributed by atoms with Gasteiger partial charge >= 0.3 is 0 Å². The van der Waals surface area contributed by atoms with E-state index in [4.69, 9.17) is 4.74 Å². The van der Waals surface area contributed by atoms with Crippen LogP contribution in [0.1, 0.15) is 38.4 Å². The topological polar surface area (TPSA) is 47.0 Å². The predicted molar refractivity (Wildman–Crippen MR) is 64.5 cm³/mol. The molecular formula is C12H21N3O. The maximum absolute atomic E-state index is 5.00. The molecule has 90 valence electrons. The molecule has 1 atom stereocenters. The summed E-state index contributed by atoms with van der Waals surface area (Å²) >= 11 is 0. The monoisotopic (exact) mass is 223 g/mol. The fourth-order valence-corrected chi connectivity index (χ4v) is 1.99. The molecule has 0 fully saturated rings. The Kier molecular flexibility index (Phi) is 5.19. The van der Waals surface area contributed by atoms with Crippen molar-refractivity contribution in [3.8, 4) is 5.88 Å². The Balaban J connectivity index is 2.85. The summed E-state index contributed by atoms with van der Waals surface area (Å²) in [5.41, 5.74) is 0.983. The minimum Gasteiger partial charge on any atom is -0.480 e. The summed E-state index contributed by atoms with van der Waals surface area (Å²) < 4.78 is 5.00. The normalized spacial score (nSPS) is 12.8. The molecule has 1 heterocycles. The highest BCUT2D eigenvalue weighted by Gasteiger charge is 2.20. The molecule has 0 aliphatic heterocycles. The third-order valence-electron chi connectivity index (χ3n) is 3.02. The number of nitrogens with zero attached hydrogens (tertiary/aromatic N) is 2. The maximum atomic E-state index is 5.00. The van der Waals surface area contributed by atoms with Gasteiger partial charge in [0.05, 0.1) is 18.8 Å². The SMILES string of the molecule is CCC(CC)C(NC)c1ccc(OC)nn1. The molecule has 16 heavy (non-hydrogen) atoms. The van der Waals surface area contributed by atoms with E-state index in [9.17, 15) is 0 Å². The Labute approximate surface area is 97.4 Å². The molecule has 1 aromatic rings. The highest BCUT2D eigenvalue weighted by Crippen LogP contribution is 2.25. The summed E-state index contributed by atoms with van der Waals surface area (Å²) in [5, 5.41) is 11.5. The van der Waals surface area contributed by atoms with E-state index < -0.39 is 0 Å². The van der Waals surface area contributed by atoms with Crippen molar-refractivity contribution in [3.05, 3.63) is 17.8 Å². The summed E-state index contributed by atoms with van der Waals surface area (Å²) in [4.78, 5) is 0. The molecule has 1 aromatic heterocycles. The second-order valence-electron chi connectivity index (χ2n) is 3.84. The Hall–Kier alpha value is -1.16. The lowest BCUT2D eigenvalue weighted by atomic mass is 9.92. The highest BCUT2D eigenvalue weighted by molar-refractivity contribution is 5.14. The van der Waals surface area contributed by atoms with Crippen molar-refractivity contribution in [1.82, 2.24) is 15.5 Å². The Morgan fingerprint density at radius 2 is 1.94 bits per heavy atom. The molecule has 0 amide bonds. The smallest absolute Gasteiger partial charge is 0.233 e. The van der Waals surface area contributed by atoms with Crippen molar-refractivity contribution < 1.29 is 4.74 Å². The Morgan fingerprint density at radius 3 is 2.31 bits per heavy atom. The van der Waals surface area contributed by atoms with Crippen molar-refractivity contribution in [3.63, 3.8) is 0 Å². The number of hydrogen-bond donors (Lipinski definition) is 1. The van der Waals surface area contributed by atoms with E-state index in [0.717, 1.165) is 18.5 Å². The zero-order valence-electron chi connectivity index (χ0n) is 10.5. The van der Waals surface area contributed by atoms with Gasteiger partial charge in [-0.05, 0) is 19.0 Å². The van der Waals surface area contributed by atoms with E-state index in [-0.39, 0.29) is 6.04 Å². The number of rotatable bonds is 6. The first-order chi connectivity index (χ1) is 7.76. The standard InChI is InChI=1S/C12H21N3O/c1-5-9(6-2)12(13-3)10-7-8-11(16-4)15-14-10/h7-9,12-13H,5-6H2,1-4H3. The molecule has 0 saturated carbocycles. The van der Waals surface area contributed by atoms with Gasteiger partial charge in [0.15, 0.2) is 0 Å². The average Bonchev–Trinajstić information content (AvgIpc) is 2.36. The van der Waals surface area contributed by atoms with E-state index in [2.05, 4.69) is 29.4 Å². The quantitative estimate of drug-likeness (QED) is 0.803.